The van der Waals surface area contributed by atoms with E-state index in [1.807, 2.05) is 6.20 Å². The van der Waals surface area contributed by atoms with Gasteiger partial charge in [-0.1, -0.05) is 31.6 Å². The number of rotatable bonds is 2. The molecule has 3 nitrogen and oxygen atoms in total. The lowest BCUT2D eigenvalue weighted by atomic mass is 9.47. The van der Waals surface area contributed by atoms with Crippen LogP contribution in [0.4, 0.5) is 0 Å². The summed E-state index contributed by atoms with van der Waals surface area (Å²) in [6, 6.07) is 4.38. The second-order valence-electron chi connectivity index (χ2n) is 10.3. The normalized spacial score (nSPS) is 40.8. The number of H-pyrrole nitrogens is 1. The smallest absolute Gasteiger partial charge is 0.302 e. The Morgan fingerprint density at radius 3 is 2.69 bits per heavy atom. The highest BCUT2D eigenvalue weighted by atomic mass is 16.5. The molecule has 1 aromatic heterocycles. The highest BCUT2D eigenvalue weighted by Gasteiger charge is 2.57. The number of ether oxygens (including phenoxy) is 1. The van der Waals surface area contributed by atoms with Gasteiger partial charge in [-0.2, -0.15) is 0 Å². The van der Waals surface area contributed by atoms with Crippen LogP contribution in [0.15, 0.2) is 42.3 Å². The molecule has 0 spiro atoms. The van der Waals surface area contributed by atoms with Crippen molar-refractivity contribution in [3.8, 4) is 0 Å². The van der Waals surface area contributed by atoms with Crippen LogP contribution in [-0.4, -0.2) is 12.1 Å². The summed E-state index contributed by atoms with van der Waals surface area (Å²) in [5, 5.41) is 0. The average Bonchev–Trinajstić information content (AvgIpc) is 3.06. The second-order valence-corrected chi connectivity index (χ2v) is 10.3. The lowest BCUT2D eigenvalue weighted by molar-refractivity contribution is -0.378. The molecule has 154 valence electrons. The molecule has 6 atom stereocenters. The number of fused-ring (bicyclic) bond motifs is 5. The van der Waals surface area contributed by atoms with Crippen molar-refractivity contribution in [1.29, 1.82) is 0 Å². The molecule has 2 saturated carbocycles. The quantitative estimate of drug-likeness (QED) is 0.500. The number of pyridine rings is 1. The molecule has 0 bridgehead atoms. The van der Waals surface area contributed by atoms with E-state index in [4.69, 9.17) is 4.74 Å². The fourth-order valence-electron chi connectivity index (χ4n) is 7.54. The van der Waals surface area contributed by atoms with Crippen molar-refractivity contribution in [3.63, 3.8) is 0 Å². The van der Waals surface area contributed by atoms with Crippen molar-refractivity contribution in [1.82, 2.24) is 0 Å². The van der Waals surface area contributed by atoms with E-state index < -0.39 is 0 Å². The van der Waals surface area contributed by atoms with Gasteiger partial charge in [0.05, 0.1) is 0 Å². The number of aromatic amines is 1. The van der Waals surface area contributed by atoms with Gasteiger partial charge in [-0.3, -0.25) is 4.79 Å². The van der Waals surface area contributed by atoms with Crippen molar-refractivity contribution < 1.29 is 14.5 Å². The molecular formula is C26H34NO2+. The van der Waals surface area contributed by atoms with Gasteiger partial charge < -0.3 is 4.74 Å². The summed E-state index contributed by atoms with van der Waals surface area (Å²) >= 11 is 0. The largest absolute Gasteiger partial charge is 0.462 e. The molecule has 1 N–H and O–H groups in total. The van der Waals surface area contributed by atoms with E-state index in [1.54, 1.807) is 11.1 Å². The predicted octanol–water partition coefficient (Wildman–Crippen LogP) is 5.39. The first kappa shape index (κ1) is 19.1. The van der Waals surface area contributed by atoms with Gasteiger partial charge in [-0.15, -0.1) is 0 Å². The summed E-state index contributed by atoms with van der Waals surface area (Å²) in [6.07, 6.45) is 17.5. The minimum atomic E-state index is -0.135. The Morgan fingerprint density at radius 1 is 1.10 bits per heavy atom. The van der Waals surface area contributed by atoms with Crippen molar-refractivity contribution in [3.05, 3.63) is 47.8 Å². The van der Waals surface area contributed by atoms with Gasteiger partial charge >= 0.3 is 5.97 Å². The van der Waals surface area contributed by atoms with Crippen LogP contribution in [0.1, 0.15) is 71.3 Å². The third-order valence-electron chi connectivity index (χ3n) is 8.99. The Kier molecular flexibility index (Phi) is 4.49. The zero-order valence-corrected chi connectivity index (χ0v) is 18.0. The lowest BCUT2D eigenvalue weighted by Crippen LogP contribution is -2.50. The fourth-order valence-corrected chi connectivity index (χ4v) is 7.54. The molecule has 0 saturated heterocycles. The van der Waals surface area contributed by atoms with Crippen LogP contribution in [0.5, 0.6) is 0 Å². The molecule has 2 fully saturated rings. The molecule has 1 heterocycles. The van der Waals surface area contributed by atoms with E-state index in [1.165, 1.54) is 38.2 Å². The maximum atomic E-state index is 11.4. The van der Waals surface area contributed by atoms with Gasteiger partial charge in [0.2, 0.25) is 0 Å². The maximum absolute atomic E-state index is 11.4. The van der Waals surface area contributed by atoms with Crippen LogP contribution >= 0.6 is 0 Å². The highest BCUT2D eigenvalue weighted by molar-refractivity contribution is 5.72. The Balaban J connectivity index is 1.41. The minimum absolute atomic E-state index is 0.0892. The Bertz CT molecular complexity index is 872. The number of nitrogens with one attached hydrogen (secondary N) is 1. The van der Waals surface area contributed by atoms with Gasteiger partial charge in [0.15, 0.2) is 12.4 Å². The summed E-state index contributed by atoms with van der Waals surface area (Å²) in [5.41, 5.74) is 5.10. The molecule has 3 unspecified atom stereocenters. The Hall–Kier alpha value is -1.90. The third-order valence-corrected chi connectivity index (χ3v) is 8.99. The topological polar surface area (TPSA) is 40.4 Å². The summed E-state index contributed by atoms with van der Waals surface area (Å²) in [5.74, 6) is 2.16. The van der Waals surface area contributed by atoms with Crippen LogP contribution in [0.2, 0.25) is 0 Å². The number of carbonyl (C=O) groups is 1. The fraction of sp³-hybridized carbons (Fsp3) is 0.615. The molecule has 0 radical (unpaired) electrons. The zero-order valence-electron chi connectivity index (χ0n) is 18.0. The number of hydrogen-bond donors (Lipinski definition) is 0. The summed E-state index contributed by atoms with van der Waals surface area (Å²) in [4.78, 5) is 14.7. The number of carbonyl (C=O) groups excluding carboxylic acids is 1. The lowest BCUT2D eigenvalue weighted by Gasteiger charge is -2.57. The molecule has 4 aliphatic rings. The average molecular weight is 393 g/mol. The van der Waals surface area contributed by atoms with Crippen LogP contribution in [0, 0.1) is 28.6 Å². The molecule has 3 heteroatoms. The van der Waals surface area contributed by atoms with Crippen LogP contribution in [0.3, 0.4) is 0 Å². The molecule has 0 aliphatic heterocycles. The first-order chi connectivity index (χ1) is 13.9. The van der Waals surface area contributed by atoms with Crippen molar-refractivity contribution in [2.75, 3.05) is 0 Å². The van der Waals surface area contributed by atoms with Gasteiger partial charge in [-0.05, 0) is 78.7 Å². The third kappa shape index (κ3) is 2.92. The van der Waals surface area contributed by atoms with Crippen LogP contribution in [0.25, 0.3) is 5.57 Å². The van der Waals surface area contributed by atoms with E-state index in [2.05, 4.69) is 49.3 Å². The summed E-state index contributed by atoms with van der Waals surface area (Å²) in [6.45, 7) is 6.58. The molecular weight excluding hydrogens is 358 g/mol. The van der Waals surface area contributed by atoms with E-state index in [0.29, 0.717) is 10.8 Å². The van der Waals surface area contributed by atoms with Crippen molar-refractivity contribution >= 4 is 11.5 Å². The van der Waals surface area contributed by atoms with Crippen LogP contribution in [-0.2, 0) is 9.53 Å². The molecule has 0 amide bonds. The van der Waals surface area contributed by atoms with E-state index in [0.717, 1.165) is 37.0 Å². The molecule has 0 aromatic carbocycles. The first-order valence-corrected chi connectivity index (χ1v) is 11.5. The number of aromatic nitrogens is 1. The van der Waals surface area contributed by atoms with Gasteiger partial charge in [0.25, 0.3) is 0 Å². The standard InChI is InChI=1S/C26H33NO2/c1-17(28)29-20-10-12-25(2)19(15-20)6-7-21-23-9-8-22(18-5-4-14-27-16-18)26(23,3)13-11-24(21)25/h4-6,8,14,16,20-21,23-24H,7,9-13,15H2,1-3H3/p+1/t20-,21?,23?,24?,25-,26+/m0/s1. The highest BCUT2D eigenvalue weighted by Crippen LogP contribution is 2.66. The maximum Gasteiger partial charge on any atom is 0.302 e. The zero-order chi connectivity index (χ0) is 20.2. The Morgan fingerprint density at radius 2 is 1.93 bits per heavy atom. The minimum Gasteiger partial charge on any atom is -0.462 e. The monoisotopic (exact) mass is 392 g/mol. The SMILES string of the molecule is CC(=O)O[C@H]1CC[C@@]2(C)C(=CCC3C2CC[C@]2(C)C(c4ccc[nH+]c4)=CCC32)C1. The van der Waals surface area contributed by atoms with E-state index in [-0.39, 0.29) is 12.1 Å². The van der Waals surface area contributed by atoms with Gasteiger partial charge in [0, 0.05) is 25.0 Å². The first-order valence-electron chi connectivity index (χ1n) is 11.5. The van der Waals surface area contributed by atoms with Crippen LogP contribution < -0.4 is 4.98 Å². The summed E-state index contributed by atoms with van der Waals surface area (Å²) < 4.78 is 5.58. The van der Waals surface area contributed by atoms with E-state index >= 15 is 0 Å². The molecule has 29 heavy (non-hydrogen) atoms. The van der Waals surface area contributed by atoms with Gasteiger partial charge in [-0.25, -0.2) is 4.98 Å². The molecule has 1 aromatic rings. The van der Waals surface area contributed by atoms with E-state index in [9.17, 15) is 4.79 Å². The number of allylic oxidation sites excluding steroid dienone is 3. The molecule has 5 rings (SSSR count). The van der Waals surface area contributed by atoms with Crippen molar-refractivity contribution in [2.45, 2.75) is 71.8 Å². The van der Waals surface area contributed by atoms with Gasteiger partial charge in [0.1, 0.15) is 6.10 Å². The predicted molar refractivity (Wildman–Crippen MR) is 114 cm³/mol. The number of esters is 1. The Labute approximate surface area is 174 Å². The second kappa shape index (κ2) is 6.82. The summed E-state index contributed by atoms with van der Waals surface area (Å²) in [7, 11) is 0. The molecule has 4 aliphatic carbocycles. The number of hydrogen-bond acceptors (Lipinski definition) is 2. The van der Waals surface area contributed by atoms with Crippen molar-refractivity contribution in [2.24, 2.45) is 28.6 Å².